The first-order chi connectivity index (χ1) is 8.99. The summed E-state index contributed by atoms with van der Waals surface area (Å²) in [6.07, 6.45) is 3.98. The van der Waals surface area contributed by atoms with Gasteiger partial charge in [-0.1, -0.05) is 33.6 Å². The average Bonchev–Trinajstić information content (AvgIpc) is 2.39. The monoisotopic (exact) mass is 269 g/mol. The summed E-state index contributed by atoms with van der Waals surface area (Å²) >= 11 is 0. The van der Waals surface area contributed by atoms with E-state index in [2.05, 4.69) is 13.8 Å². The molecule has 1 atom stereocenters. The summed E-state index contributed by atoms with van der Waals surface area (Å²) in [6.45, 7) is 7.75. The Kier molecular flexibility index (Phi) is 6.32. The van der Waals surface area contributed by atoms with Gasteiger partial charge in [0.05, 0.1) is 0 Å². The van der Waals surface area contributed by atoms with Gasteiger partial charge in [-0.05, 0) is 24.7 Å². The van der Waals surface area contributed by atoms with E-state index in [9.17, 15) is 9.59 Å². The minimum Gasteiger partial charge on any atom is -0.481 e. The van der Waals surface area contributed by atoms with E-state index in [0.29, 0.717) is 5.92 Å². The molecule has 1 saturated heterocycles. The van der Waals surface area contributed by atoms with Gasteiger partial charge in [-0.3, -0.25) is 9.59 Å². The Balaban J connectivity index is 2.46. The minimum atomic E-state index is -0.727. The molecule has 0 aromatic rings. The van der Waals surface area contributed by atoms with Crippen LogP contribution in [0.1, 0.15) is 52.9 Å². The predicted molar refractivity (Wildman–Crippen MR) is 74.8 cm³/mol. The van der Waals surface area contributed by atoms with Crippen LogP contribution in [0.3, 0.4) is 0 Å². The van der Waals surface area contributed by atoms with Gasteiger partial charge < -0.3 is 10.0 Å². The van der Waals surface area contributed by atoms with Crippen LogP contribution in [0.4, 0.5) is 0 Å². The van der Waals surface area contributed by atoms with Crippen molar-refractivity contribution in [2.24, 2.45) is 17.8 Å². The number of aliphatic carboxylic acids is 1. The highest BCUT2D eigenvalue weighted by molar-refractivity contribution is 5.79. The smallest absolute Gasteiger partial charge is 0.303 e. The third-order valence-electron chi connectivity index (χ3n) is 4.53. The van der Waals surface area contributed by atoms with Crippen molar-refractivity contribution in [2.75, 3.05) is 13.1 Å². The molecule has 4 nitrogen and oxygen atoms in total. The van der Waals surface area contributed by atoms with Crippen molar-refractivity contribution in [1.82, 2.24) is 4.90 Å². The number of carboxylic acids is 1. The van der Waals surface area contributed by atoms with Gasteiger partial charge in [0.2, 0.25) is 5.91 Å². The van der Waals surface area contributed by atoms with Gasteiger partial charge in [-0.2, -0.15) is 0 Å². The zero-order valence-corrected chi connectivity index (χ0v) is 12.4. The number of nitrogens with zero attached hydrogens (tertiary/aromatic N) is 1. The van der Waals surface area contributed by atoms with Crippen LogP contribution in [-0.4, -0.2) is 35.0 Å². The fraction of sp³-hybridized carbons (Fsp3) is 0.867. The number of piperidine rings is 1. The van der Waals surface area contributed by atoms with E-state index in [4.69, 9.17) is 5.11 Å². The molecule has 0 aromatic carbocycles. The number of carbonyl (C=O) groups is 2. The van der Waals surface area contributed by atoms with Crippen LogP contribution in [0.25, 0.3) is 0 Å². The van der Waals surface area contributed by atoms with E-state index >= 15 is 0 Å². The maximum atomic E-state index is 12.4. The zero-order chi connectivity index (χ0) is 14.4. The van der Waals surface area contributed by atoms with Gasteiger partial charge in [0.15, 0.2) is 0 Å². The van der Waals surface area contributed by atoms with Crippen LogP contribution in [0.5, 0.6) is 0 Å². The molecule has 4 heteroatoms. The normalized spacial score (nSPS) is 18.6. The van der Waals surface area contributed by atoms with Crippen LogP contribution in [0.2, 0.25) is 0 Å². The molecule has 1 aliphatic rings. The molecule has 1 heterocycles. The van der Waals surface area contributed by atoms with E-state index in [-0.39, 0.29) is 24.2 Å². The summed E-state index contributed by atoms with van der Waals surface area (Å²) in [6, 6.07) is 0. The van der Waals surface area contributed by atoms with Gasteiger partial charge >= 0.3 is 5.97 Å². The van der Waals surface area contributed by atoms with Crippen molar-refractivity contribution in [3.8, 4) is 0 Å². The van der Waals surface area contributed by atoms with Crippen molar-refractivity contribution in [1.29, 1.82) is 0 Å². The third-order valence-corrected chi connectivity index (χ3v) is 4.53. The van der Waals surface area contributed by atoms with Gasteiger partial charge in [0.25, 0.3) is 0 Å². The summed E-state index contributed by atoms with van der Waals surface area (Å²) in [7, 11) is 0. The van der Waals surface area contributed by atoms with Gasteiger partial charge in [0.1, 0.15) is 0 Å². The average molecular weight is 269 g/mol. The molecule has 0 radical (unpaired) electrons. The maximum Gasteiger partial charge on any atom is 0.303 e. The summed E-state index contributed by atoms with van der Waals surface area (Å²) in [4.78, 5) is 25.0. The molecule has 1 aliphatic heterocycles. The number of rotatable bonds is 6. The first-order valence-electron chi connectivity index (χ1n) is 7.50. The van der Waals surface area contributed by atoms with E-state index in [1.54, 1.807) is 0 Å². The van der Waals surface area contributed by atoms with Crippen molar-refractivity contribution < 1.29 is 14.7 Å². The van der Waals surface area contributed by atoms with Crippen LogP contribution < -0.4 is 0 Å². The van der Waals surface area contributed by atoms with E-state index in [1.165, 1.54) is 0 Å². The minimum absolute atomic E-state index is 0.0889. The number of hydrogen-bond acceptors (Lipinski definition) is 2. The zero-order valence-electron chi connectivity index (χ0n) is 12.4. The highest BCUT2D eigenvalue weighted by Gasteiger charge is 2.29. The summed E-state index contributed by atoms with van der Waals surface area (Å²) in [5, 5.41) is 8.79. The molecule has 1 N–H and O–H groups in total. The highest BCUT2D eigenvalue weighted by atomic mass is 16.4. The Labute approximate surface area is 116 Å². The molecule has 1 fully saturated rings. The topological polar surface area (TPSA) is 57.6 Å². The molecule has 1 unspecified atom stereocenters. The molecule has 0 saturated carbocycles. The lowest BCUT2D eigenvalue weighted by molar-refractivity contribution is -0.140. The lowest BCUT2D eigenvalue weighted by atomic mass is 9.87. The molecule has 0 spiro atoms. The number of likely N-dealkylation sites (tertiary alicyclic amines) is 1. The number of amides is 1. The first-order valence-corrected chi connectivity index (χ1v) is 7.50. The van der Waals surface area contributed by atoms with E-state index in [0.717, 1.165) is 38.8 Å². The molecule has 0 aromatic heterocycles. The standard InChI is InChI=1S/C15H27NO3/c1-4-13(5-2)11(3)15(19)16-8-6-12(7-9-16)10-14(17)18/h11-13H,4-10H2,1-3H3,(H,17,18). The lowest BCUT2D eigenvalue weighted by Gasteiger charge is -2.34. The van der Waals surface area contributed by atoms with Crippen molar-refractivity contribution in [3.63, 3.8) is 0 Å². The van der Waals surface area contributed by atoms with Gasteiger partial charge in [0, 0.05) is 25.4 Å². The molecule has 110 valence electrons. The summed E-state index contributed by atoms with van der Waals surface area (Å²) in [5.41, 5.74) is 0. The Bertz CT molecular complexity index is 305. The molecule has 0 bridgehead atoms. The number of carboxylic acid groups (broad SMARTS) is 1. The molecular formula is C15H27NO3. The molecule has 0 aliphatic carbocycles. The largest absolute Gasteiger partial charge is 0.481 e. The molecule has 1 amide bonds. The summed E-state index contributed by atoms with van der Waals surface area (Å²) in [5.74, 6) is 0.318. The van der Waals surface area contributed by atoms with Crippen molar-refractivity contribution in [2.45, 2.75) is 52.9 Å². The summed E-state index contributed by atoms with van der Waals surface area (Å²) < 4.78 is 0. The maximum absolute atomic E-state index is 12.4. The second kappa shape index (κ2) is 7.51. The second-order valence-electron chi connectivity index (χ2n) is 5.73. The van der Waals surface area contributed by atoms with Crippen molar-refractivity contribution >= 4 is 11.9 Å². The van der Waals surface area contributed by atoms with Gasteiger partial charge in [-0.15, -0.1) is 0 Å². The van der Waals surface area contributed by atoms with Crippen molar-refractivity contribution in [3.05, 3.63) is 0 Å². The van der Waals surface area contributed by atoms with Crippen LogP contribution in [-0.2, 0) is 9.59 Å². The first kappa shape index (κ1) is 16.0. The Morgan fingerprint density at radius 3 is 2.16 bits per heavy atom. The SMILES string of the molecule is CCC(CC)C(C)C(=O)N1CCC(CC(=O)O)CC1. The van der Waals surface area contributed by atoms with E-state index in [1.807, 2.05) is 11.8 Å². The number of hydrogen-bond donors (Lipinski definition) is 1. The highest BCUT2D eigenvalue weighted by Crippen LogP contribution is 2.25. The Morgan fingerprint density at radius 1 is 1.21 bits per heavy atom. The van der Waals surface area contributed by atoms with Crippen LogP contribution >= 0.6 is 0 Å². The van der Waals surface area contributed by atoms with E-state index < -0.39 is 5.97 Å². The Hall–Kier alpha value is -1.06. The molecule has 19 heavy (non-hydrogen) atoms. The van der Waals surface area contributed by atoms with Gasteiger partial charge in [-0.25, -0.2) is 0 Å². The third kappa shape index (κ3) is 4.51. The fourth-order valence-electron chi connectivity index (χ4n) is 3.09. The Morgan fingerprint density at radius 2 is 1.74 bits per heavy atom. The quantitative estimate of drug-likeness (QED) is 0.806. The van der Waals surface area contributed by atoms with Crippen LogP contribution in [0, 0.1) is 17.8 Å². The molecule has 1 rings (SSSR count). The molecular weight excluding hydrogens is 242 g/mol. The second-order valence-corrected chi connectivity index (χ2v) is 5.73. The van der Waals surface area contributed by atoms with Crippen LogP contribution in [0.15, 0.2) is 0 Å². The lowest BCUT2D eigenvalue weighted by Crippen LogP contribution is -2.43. The predicted octanol–water partition coefficient (Wildman–Crippen LogP) is 2.77. The number of carbonyl (C=O) groups excluding carboxylic acids is 1. The fourth-order valence-corrected chi connectivity index (χ4v) is 3.09.